The van der Waals surface area contributed by atoms with Crippen molar-refractivity contribution in [2.75, 3.05) is 0 Å². The summed E-state index contributed by atoms with van der Waals surface area (Å²) in [7, 11) is 0. The number of fused-ring (bicyclic) bond motifs is 3. The Hall–Kier alpha value is -0.340. The quantitative estimate of drug-likeness (QED) is 0.618. The van der Waals surface area contributed by atoms with Crippen molar-refractivity contribution in [3.8, 4) is 0 Å². The molecule has 12 heavy (non-hydrogen) atoms. The summed E-state index contributed by atoms with van der Waals surface area (Å²) < 4.78 is 6.70. The molecule has 1 saturated heterocycles. The first kappa shape index (κ1) is 7.10. The van der Waals surface area contributed by atoms with Gasteiger partial charge in [-0.3, -0.25) is 0 Å². The molecule has 1 aliphatic heterocycles. The zero-order chi connectivity index (χ0) is 8.13. The van der Waals surface area contributed by atoms with Gasteiger partial charge in [0.2, 0.25) is 0 Å². The maximum absolute atomic E-state index is 5.54. The molecule has 0 aromatic heterocycles. The molecule has 0 unspecified atom stereocenters. The van der Waals surface area contributed by atoms with Gasteiger partial charge in [-0.1, -0.05) is 22.0 Å². The van der Waals surface area contributed by atoms with Crippen molar-refractivity contribution in [2.45, 2.75) is 25.0 Å². The smallest absolute Gasteiger partial charge is 0.109 e. The van der Waals surface area contributed by atoms with Crippen molar-refractivity contribution in [2.24, 2.45) is 0 Å². The van der Waals surface area contributed by atoms with Gasteiger partial charge in [-0.2, -0.15) is 0 Å². The van der Waals surface area contributed by atoms with E-state index < -0.39 is 0 Å². The summed E-state index contributed by atoms with van der Waals surface area (Å²) in [6.07, 6.45) is 3.35. The summed E-state index contributed by atoms with van der Waals surface area (Å²) >= 11 is 3.48. The van der Waals surface area contributed by atoms with E-state index in [1.807, 2.05) is 0 Å². The van der Waals surface area contributed by atoms with E-state index in [1.165, 1.54) is 24.0 Å². The van der Waals surface area contributed by atoms with Gasteiger partial charge < -0.3 is 4.74 Å². The minimum absolute atomic E-state index is 0.422. The first-order valence-electron chi connectivity index (χ1n) is 4.28. The SMILES string of the molecule is Brc1ccc2c(c1)[C@H]1O[C@@H]1CC2. The van der Waals surface area contributed by atoms with E-state index in [0.717, 1.165) is 4.47 Å². The second-order valence-electron chi connectivity index (χ2n) is 3.48. The monoisotopic (exact) mass is 224 g/mol. The fourth-order valence-electron chi connectivity index (χ4n) is 1.99. The lowest BCUT2D eigenvalue weighted by Crippen LogP contribution is -2.03. The normalized spacial score (nSPS) is 30.8. The average Bonchev–Trinajstić information content (AvgIpc) is 2.82. The molecule has 1 heterocycles. The molecule has 1 nitrogen and oxygen atoms in total. The second kappa shape index (κ2) is 2.33. The molecule has 2 atom stereocenters. The van der Waals surface area contributed by atoms with Crippen molar-refractivity contribution in [1.82, 2.24) is 0 Å². The van der Waals surface area contributed by atoms with Crippen LogP contribution in [0.3, 0.4) is 0 Å². The molecule has 0 spiro atoms. The third kappa shape index (κ3) is 0.947. The van der Waals surface area contributed by atoms with Crippen LogP contribution in [0.25, 0.3) is 0 Å². The first-order chi connectivity index (χ1) is 5.84. The lowest BCUT2D eigenvalue weighted by atomic mass is 9.92. The number of aryl methyl sites for hydroxylation is 1. The lowest BCUT2D eigenvalue weighted by Gasteiger charge is -2.11. The van der Waals surface area contributed by atoms with Crippen molar-refractivity contribution >= 4 is 15.9 Å². The maximum atomic E-state index is 5.54. The van der Waals surface area contributed by atoms with E-state index in [1.54, 1.807) is 0 Å². The number of rotatable bonds is 0. The fraction of sp³-hybridized carbons (Fsp3) is 0.400. The van der Waals surface area contributed by atoms with Crippen LogP contribution in [0.1, 0.15) is 23.7 Å². The first-order valence-corrected chi connectivity index (χ1v) is 5.08. The van der Waals surface area contributed by atoms with Gasteiger partial charge in [0.05, 0.1) is 6.10 Å². The van der Waals surface area contributed by atoms with E-state index in [2.05, 4.69) is 34.1 Å². The van der Waals surface area contributed by atoms with Crippen LogP contribution in [0.2, 0.25) is 0 Å². The van der Waals surface area contributed by atoms with Crippen LogP contribution in [0.5, 0.6) is 0 Å². The number of ether oxygens (including phenoxy) is 1. The number of hydrogen-bond donors (Lipinski definition) is 0. The van der Waals surface area contributed by atoms with Crippen LogP contribution in [0.15, 0.2) is 22.7 Å². The zero-order valence-corrected chi connectivity index (χ0v) is 8.17. The molecular weight excluding hydrogens is 216 g/mol. The highest BCUT2D eigenvalue weighted by Gasteiger charge is 2.43. The number of benzene rings is 1. The summed E-state index contributed by atoms with van der Waals surface area (Å²) in [6.45, 7) is 0. The zero-order valence-electron chi connectivity index (χ0n) is 6.59. The fourth-order valence-corrected chi connectivity index (χ4v) is 2.37. The molecule has 1 fully saturated rings. The van der Waals surface area contributed by atoms with Crippen LogP contribution >= 0.6 is 15.9 Å². The molecule has 1 aromatic carbocycles. The number of hydrogen-bond acceptors (Lipinski definition) is 1. The van der Waals surface area contributed by atoms with Crippen LogP contribution in [0, 0.1) is 0 Å². The van der Waals surface area contributed by atoms with Crippen molar-refractivity contribution in [3.63, 3.8) is 0 Å². The highest BCUT2D eigenvalue weighted by atomic mass is 79.9. The van der Waals surface area contributed by atoms with Crippen molar-refractivity contribution in [3.05, 3.63) is 33.8 Å². The van der Waals surface area contributed by atoms with Gasteiger partial charge in [0.1, 0.15) is 6.10 Å². The molecule has 3 rings (SSSR count). The van der Waals surface area contributed by atoms with Crippen molar-refractivity contribution < 1.29 is 4.74 Å². The minimum atomic E-state index is 0.422. The van der Waals surface area contributed by atoms with E-state index in [9.17, 15) is 0 Å². The Morgan fingerprint density at radius 2 is 2.33 bits per heavy atom. The maximum Gasteiger partial charge on any atom is 0.109 e. The predicted octanol–water partition coefficient (Wildman–Crippen LogP) is 2.84. The van der Waals surface area contributed by atoms with Gasteiger partial charge in [0.25, 0.3) is 0 Å². The van der Waals surface area contributed by atoms with Gasteiger partial charge in [0, 0.05) is 4.47 Å². The average molecular weight is 225 g/mol. The summed E-state index contributed by atoms with van der Waals surface area (Å²) in [6, 6.07) is 6.51. The Labute approximate surface area is 79.9 Å². The summed E-state index contributed by atoms with van der Waals surface area (Å²) in [5.74, 6) is 0. The topological polar surface area (TPSA) is 12.5 Å². The Morgan fingerprint density at radius 3 is 3.25 bits per heavy atom. The van der Waals surface area contributed by atoms with Crippen LogP contribution in [-0.2, 0) is 11.2 Å². The minimum Gasteiger partial charge on any atom is -0.364 e. The molecule has 2 heteroatoms. The molecule has 0 N–H and O–H groups in total. The molecule has 62 valence electrons. The third-order valence-corrected chi connectivity index (χ3v) is 3.19. The number of epoxide rings is 1. The summed E-state index contributed by atoms with van der Waals surface area (Å²) in [5, 5.41) is 0. The molecule has 1 aliphatic carbocycles. The molecule has 1 aromatic rings. The van der Waals surface area contributed by atoms with Gasteiger partial charge in [-0.15, -0.1) is 0 Å². The summed E-state index contributed by atoms with van der Waals surface area (Å²) in [5.41, 5.74) is 2.87. The largest absolute Gasteiger partial charge is 0.364 e. The van der Waals surface area contributed by atoms with E-state index >= 15 is 0 Å². The third-order valence-electron chi connectivity index (χ3n) is 2.70. The highest BCUT2D eigenvalue weighted by molar-refractivity contribution is 9.10. The Morgan fingerprint density at radius 1 is 1.42 bits per heavy atom. The second-order valence-corrected chi connectivity index (χ2v) is 4.39. The Balaban J connectivity index is 2.14. The number of halogens is 1. The molecule has 0 amide bonds. The van der Waals surface area contributed by atoms with Crippen LogP contribution in [0.4, 0.5) is 0 Å². The van der Waals surface area contributed by atoms with E-state index in [-0.39, 0.29) is 0 Å². The Bertz CT molecular complexity index is 335. The predicted molar refractivity (Wildman–Crippen MR) is 50.1 cm³/mol. The molecule has 0 saturated carbocycles. The van der Waals surface area contributed by atoms with Crippen LogP contribution in [-0.4, -0.2) is 6.10 Å². The molecule has 2 aliphatic rings. The van der Waals surface area contributed by atoms with Crippen LogP contribution < -0.4 is 0 Å². The lowest BCUT2D eigenvalue weighted by molar-refractivity contribution is 0.372. The van der Waals surface area contributed by atoms with Gasteiger partial charge in [-0.05, 0) is 36.1 Å². The van der Waals surface area contributed by atoms with Crippen molar-refractivity contribution in [1.29, 1.82) is 0 Å². The molecule has 0 bridgehead atoms. The molecular formula is C10H9BrO. The van der Waals surface area contributed by atoms with Gasteiger partial charge >= 0.3 is 0 Å². The van der Waals surface area contributed by atoms with Gasteiger partial charge in [0.15, 0.2) is 0 Å². The van der Waals surface area contributed by atoms with E-state index in [4.69, 9.17) is 4.74 Å². The Kier molecular flexibility index (Phi) is 1.38. The summed E-state index contributed by atoms with van der Waals surface area (Å²) in [4.78, 5) is 0. The molecule has 0 radical (unpaired) electrons. The van der Waals surface area contributed by atoms with E-state index in [0.29, 0.717) is 12.2 Å². The van der Waals surface area contributed by atoms with Gasteiger partial charge in [-0.25, -0.2) is 0 Å². The highest BCUT2D eigenvalue weighted by Crippen LogP contribution is 2.47. The standard InChI is InChI=1S/C10H9BrO/c11-7-3-1-6-2-4-9-10(12-9)8(6)5-7/h1,3,5,9-10H,2,4H2/t9-,10-/m1/s1.